The van der Waals surface area contributed by atoms with Gasteiger partial charge in [0.15, 0.2) is 10.9 Å². The lowest BCUT2D eigenvalue weighted by atomic mass is 10.1. The third kappa shape index (κ3) is 8.13. The van der Waals surface area contributed by atoms with Crippen LogP contribution < -0.4 is 9.46 Å². The predicted molar refractivity (Wildman–Crippen MR) is 129 cm³/mol. The number of nitrogens with one attached hydrogen (secondary N) is 1. The quantitative estimate of drug-likeness (QED) is 0.375. The number of likely N-dealkylation sites (tertiary alicyclic amines) is 1. The molecule has 1 aromatic heterocycles. The van der Waals surface area contributed by atoms with Gasteiger partial charge in [-0.1, -0.05) is 18.2 Å². The number of anilines is 1. The van der Waals surface area contributed by atoms with E-state index in [0.29, 0.717) is 17.9 Å². The van der Waals surface area contributed by atoms with Crippen molar-refractivity contribution in [3.05, 3.63) is 48.2 Å². The van der Waals surface area contributed by atoms with Crippen LogP contribution in [0.1, 0.15) is 43.0 Å². The van der Waals surface area contributed by atoms with Gasteiger partial charge < -0.3 is 9.64 Å². The number of carbonyl (C=O) groups excluding carboxylic acids is 2. The Kier molecular flexibility index (Phi) is 9.28. The maximum atomic E-state index is 12.6. The minimum absolute atomic E-state index is 0.0226. The van der Waals surface area contributed by atoms with Crippen molar-refractivity contribution >= 4 is 38.5 Å². The van der Waals surface area contributed by atoms with Crippen molar-refractivity contribution in [2.45, 2.75) is 37.5 Å². The standard InChI is InChI=1S/C23H29N3O5S2/c1-18(27)32-17-22(28)19-6-11-23(24-16-19)25-33(29,30)21-9-7-20(8-10-21)31-15-5-14-26-12-3-2-4-13-26/h6-11,16H,2-5,12-15,17H2,1H3,(H,24,25). The van der Waals surface area contributed by atoms with Crippen molar-refractivity contribution in [2.75, 3.05) is 36.7 Å². The third-order valence-corrected chi connectivity index (χ3v) is 7.38. The summed E-state index contributed by atoms with van der Waals surface area (Å²) in [5.41, 5.74) is 0.313. The monoisotopic (exact) mass is 491 g/mol. The SMILES string of the molecule is CC(=O)SCC(=O)c1ccc(NS(=O)(=O)c2ccc(OCCCN3CCCCC3)cc2)nc1. The van der Waals surface area contributed by atoms with Crippen LogP contribution in [0.25, 0.3) is 0 Å². The second-order valence-corrected chi connectivity index (χ2v) is 10.7. The van der Waals surface area contributed by atoms with Gasteiger partial charge in [0.1, 0.15) is 11.6 Å². The first-order chi connectivity index (χ1) is 15.8. The second-order valence-electron chi connectivity index (χ2n) is 7.82. The minimum Gasteiger partial charge on any atom is -0.494 e. The lowest BCUT2D eigenvalue weighted by molar-refractivity contribution is -0.109. The molecule has 1 N–H and O–H groups in total. The van der Waals surface area contributed by atoms with Crippen molar-refractivity contribution in [3.8, 4) is 5.75 Å². The molecule has 0 radical (unpaired) electrons. The molecule has 0 aliphatic carbocycles. The van der Waals surface area contributed by atoms with Gasteiger partial charge in [-0.05, 0) is 68.8 Å². The molecule has 0 saturated carbocycles. The number of Topliss-reactive ketones (excluding diaryl/α,β-unsaturated/α-hetero) is 1. The van der Waals surface area contributed by atoms with Gasteiger partial charge >= 0.3 is 0 Å². The van der Waals surface area contributed by atoms with Gasteiger partial charge in [-0.15, -0.1) is 0 Å². The number of hydrogen-bond acceptors (Lipinski definition) is 8. The molecule has 1 aromatic carbocycles. The number of sulfonamides is 1. The van der Waals surface area contributed by atoms with Gasteiger partial charge in [0.2, 0.25) is 0 Å². The molecule has 10 heteroatoms. The number of aromatic nitrogens is 1. The van der Waals surface area contributed by atoms with E-state index in [1.807, 2.05) is 0 Å². The number of carbonyl (C=O) groups is 2. The Hall–Kier alpha value is -2.43. The van der Waals surface area contributed by atoms with Crippen LogP contribution in [0.4, 0.5) is 5.82 Å². The molecule has 0 unspecified atom stereocenters. The third-order valence-electron chi connectivity index (χ3n) is 5.20. The molecule has 1 aliphatic rings. The van der Waals surface area contributed by atoms with Crippen molar-refractivity contribution in [2.24, 2.45) is 0 Å². The molecular weight excluding hydrogens is 462 g/mol. The molecule has 1 aliphatic heterocycles. The molecule has 1 saturated heterocycles. The molecule has 33 heavy (non-hydrogen) atoms. The first-order valence-electron chi connectivity index (χ1n) is 10.9. The van der Waals surface area contributed by atoms with E-state index in [9.17, 15) is 18.0 Å². The maximum Gasteiger partial charge on any atom is 0.263 e. The summed E-state index contributed by atoms with van der Waals surface area (Å²) in [6.45, 7) is 5.31. The van der Waals surface area contributed by atoms with Crippen LogP contribution in [0.5, 0.6) is 5.75 Å². The Morgan fingerprint density at radius 3 is 2.45 bits per heavy atom. The van der Waals surface area contributed by atoms with Crippen LogP contribution in [-0.4, -0.2) is 61.2 Å². The molecule has 0 bridgehead atoms. The van der Waals surface area contributed by atoms with Crippen LogP contribution in [-0.2, 0) is 14.8 Å². The number of rotatable bonds is 11. The Labute approximate surface area is 199 Å². The smallest absolute Gasteiger partial charge is 0.263 e. The summed E-state index contributed by atoms with van der Waals surface area (Å²) in [7, 11) is -3.83. The van der Waals surface area contributed by atoms with Crippen LogP contribution in [0.3, 0.4) is 0 Å². The molecule has 2 heterocycles. The van der Waals surface area contributed by atoms with E-state index in [4.69, 9.17) is 4.74 Å². The topological polar surface area (TPSA) is 106 Å². The molecule has 1 fully saturated rings. The van der Waals surface area contributed by atoms with E-state index in [0.717, 1.165) is 37.8 Å². The number of pyridine rings is 1. The van der Waals surface area contributed by atoms with Gasteiger partial charge in [-0.3, -0.25) is 14.3 Å². The number of thioether (sulfide) groups is 1. The zero-order valence-corrected chi connectivity index (χ0v) is 20.3. The van der Waals surface area contributed by atoms with Crippen molar-refractivity contribution in [1.82, 2.24) is 9.88 Å². The van der Waals surface area contributed by atoms with E-state index in [1.165, 1.54) is 56.6 Å². The van der Waals surface area contributed by atoms with Gasteiger partial charge in [-0.2, -0.15) is 0 Å². The summed E-state index contributed by atoms with van der Waals surface area (Å²) in [6, 6.07) is 9.14. The predicted octanol–water partition coefficient (Wildman–Crippen LogP) is 3.60. The molecular formula is C23H29N3O5S2. The number of benzene rings is 1. The summed E-state index contributed by atoms with van der Waals surface area (Å²) < 4.78 is 33.4. The van der Waals surface area contributed by atoms with Crippen LogP contribution in [0.2, 0.25) is 0 Å². The van der Waals surface area contributed by atoms with Crippen molar-refractivity contribution < 1.29 is 22.7 Å². The minimum atomic E-state index is -3.83. The largest absolute Gasteiger partial charge is 0.494 e. The van der Waals surface area contributed by atoms with Gasteiger partial charge in [0.25, 0.3) is 10.0 Å². The first-order valence-corrected chi connectivity index (χ1v) is 13.4. The van der Waals surface area contributed by atoms with E-state index >= 15 is 0 Å². The Balaban J connectivity index is 1.49. The zero-order valence-electron chi connectivity index (χ0n) is 18.7. The number of ketones is 1. The van der Waals surface area contributed by atoms with Crippen LogP contribution in [0, 0.1) is 0 Å². The lowest BCUT2D eigenvalue weighted by Crippen LogP contribution is -2.31. The van der Waals surface area contributed by atoms with E-state index in [1.54, 1.807) is 12.1 Å². The number of piperidine rings is 1. The highest BCUT2D eigenvalue weighted by Gasteiger charge is 2.16. The zero-order chi connectivity index (χ0) is 23.7. The lowest BCUT2D eigenvalue weighted by Gasteiger charge is -2.26. The highest BCUT2D eigenvalue weighted by atomic mass is 32.2. The number of ether oxygens (including phenoxy) is 1. The highest BCUT2D eigenvalue weighted by Crippen LogP contribution is 2.19. The Morgan fingerprint density at radius 1 is 1.09 bits per heavy atom. The van der Waals surface area contributed by atoms with E-state index in [2.05, 4.69) is 14.6 Å². The average Bonchev–Trinajstić information content (AvgIpc) is 2.81. The average molecular weight is 492 g/mol. The highest BCUT2D eigenvalue weighted by molar-refractivity contribution is 8.14. The fraction of sp³-hybridized carbons (Fsp3) is 0.435. The fourth-order valence-corrected chi connectivity index (χ4v) is 4.95. The van der Waals surface area contributed by atoms with E-state index < -0.39 is 10.0 Å². The molecule has 178 valence electrons. The van der Waals surface area contributed by atoms with Crippen LogP contribution >= 0.6 is 11.8 Å². The summed E-state index contributed by atoms with van der Waals surface area (Å²) in [4.78, 5) is 29.5. The van der Waals surface area contributed by atoms with Crippen LogP contribution in [0.15, 0.2) is 47.5 Å². The normalized spacial score (nSPS) is 14.6. The number of hydrogen-bond donors (Lipinski definition) is 1. The summed E-state index contributed by atoms with van der Waals surface area (Å²) in [6.07, 6.45) is 6.08. The summed E-state index contributed by atoms with van der Waals surface area (Å²) in [5.74, 6) is 0.499. The van der Waals surface area contributed by atoms with Gasteiger partial charge in [0, 0.05) is 25.2 Å². The molecule has 0 spiro atoms. The first kappa shape index (κ1) is 25.2. The van der Waals surface area contributed by atoms with Crippen molar-refractivity contribution in [1.29, 1.82) is 0 Å². The number of nitrogens with zero attached hydrogens (tertiary/aromatic N) is 2. The maximum absolute atomic E-state index is 12.6. The Morgan fingerprint density at radius 2 is 1.82 bits per heavy atom. The summed E-state index contributed by atoms with van der Waals surface area (Å²) >= 11 is 0.919. The van der Waals surface area contributed by atoms with Crippen molar-refractivity contribution in [3.63, 3.8) is 0 Å². The van der Waals surface area contributed by atoms with Gasteiger partial charge in [0.05, 0.1) is 17.3 Å². The van der Waals surface area contributed by atoms with Gasteiger partial charge in [-0.25, -0.2) is 13.4 Å². The second kappa shape index (κ2) is 12.2. The van der Waals surface area contributed by atoms with E-state index in [-0.39, 0.29) is 27.4 Å². The molecule has 8 nitrogen and oxygen atoms in total. The molecule has 2 aromatic rings. The Bertz CT molecular complexity index is 1030. The molecule has 0 atom stereocenters. The molecule has 3 rings (SSSR count). The summed E-state index contributed by atoms with van der Waals surface area (Å²) in [5, 5.41) is -0.144. The fourth-order valence-electron chi connectivity index (χ4n) is 3.44. The molecule has 0 amide bonds.